The zero-order valence-corrected chi connectivity index (χ0v) is 16.0. The van der Waals surface area contributed by atoms with E-state index in [1.165, 1.54) is 22.8 Å². The number of halogens is 1. The number of aryl methyl sites for hydroxylation is 1. The van der Waals surface area contributed by atoms with Gasteiger partial charge in [0.05, 0.1) is 10.6 Å². The molecule has 0 aliphatic carbocycles. The van der Waals surface area contributed by atoms with Crippen LogP contribution in [-0.4, -0.2) is 14.3 Å². The number of nitrogens with one attached hydrogen (secondary N) is 1. The first-order valence-electron chi connectivity index (χ1n) is 8.35. The molecule has 138 valence electrons. The molecule has 1 aromatic heterocycles. The molecule has 0 bridgehead atoms. The normalized spacial score (nSPS) is 16.7. The highest BCUT2D eigenvalue weighted by Gasteiger charge is 2.35. The SMILES string of the molecule is Cc1ccc(S(=O)(=O)c2csc3c2NC(=O)C[C@H]3c2ccccc2F)cc1. The highest BCUT2D eigenvalue weighted by atomic mass is 32.2. The molecule has 0 saturated carbocycles. The minimum Gasteiger partial charge on any atom is -0.324 e. The molecule has 1 atom stereocenters. The molecular formula is C20H16FNO3S2. The lowest BCUT2D eigenvalue weighted by Crippen LogP contribution is -2.24. The van der Waals surface area contributed by atoms with Crippen LogP contribution >= 0.6 is 11.3 Å². The van der Waals surface area contributed by atoms with E-state index in [2.05, 4.69) is 5.32 Å². The number of amides is 1. The van der Waals surface area contributed by atoms with Crippen LogP contribution in [0.25, 0.3) is 0 Å². The van der Waals surface area contributed by atoms with Gasteiger partial charge in [0.25, 0.3) is 0 Å². The Morgan fingerprint density at radius 1 is 1.11 bits per heavy atom. The molecule has 0 saturated heterocycles. The monoisotopic (exact) mass is 401 g/mol. The molecule has 0 fully saturated rings. The van der Waals surface area contributed by atoms with Gasteiger partial charge in [-0.1, -0.05) is 35.9 Å². The number of carbonyl (C=O) groups is 1. The summed E-state index contributed by atoms with van der Waals surface area (Å²) in [6.45, 7) is 1.88. The highest BCUT2D eigenvalue weighted by Crippen LogP contribution is 2.46. The molecule has 3 aromatic rings. The molecule has 2 heterocycles. The Morgan fingerprint density at radius 3 is 2.52 bits per heavy atom. The molecule has 1 N–H and O–H groups in total. The van der Waals surface area contributed by atoms with E-state index < -0.39 is 21.6 Å². The van der Waals surface area contributed by atoms with Crippen LogP contribution in [0.2, 0.25) is 0 Å². The van der Waals surface area contributed by atoms with Crippen LogP contribution in [0.1, 0.15) is 28.3 Å². The molecule has 1 aliphatic heterocycles. The van der Waals surface area contributed by atoms with Crippen molar-refractivity contribution in [3.8, 4) is 0 Å². The lowest BCUT2D eigenvalue weighted by Gasteiger charge is -2.24. The number of thiophene rings is 1. The average molecular weight is 401 g/mol. The van der Waals surface area contributed by atoms with E-state index in [0.29, 0.717) is 10.4 Å². The van der Waals surface area contributed by atoms with Gasteiger partial charge in [0.2, 0.25) is 15.7 Å². The van der Waals surface area contributed by atoms with E-state index in [0.717, 1.165) is 5.56 Å². The number of hydrogen-bond acceptors (Lipinski definition) is 4. The molecule has 0 radical (unpaired) electrons. The smallest absolute Gasteiger partial charge is 0.225 e. The maximum Gasteiger partial charge on any atom is 0.225 e. The fraction of sp³-hybridized carbons (Fsp3) is 0.150. The molecule has 0 unspecified atom stereocenters. The number of sulfone groups is 1. The second kappa shape index (κ2) is 6.58. The fourth-order valence-corrected chi connectivity index (χ4v) is 6.15. The van der Waals surface area contributed by atoms with E-state index in [-0.39, 0.29) is 27.8 Å². The van der Waals surface area contributed by atoms with Gasteiger partial charge in [-0.15, -0.1) is 11.3 Å². The van der Waals surface area contributed by atoms with Gasteiger partial charge in [0.15, 0.2) is 0 Å². The predicted octanol–water partition coefficient (Wildman–Crippen LogP) is 4.50. The van der Waals surface area contributed by atoms with Crippen LogP contribution in [-0.2, 0) is 14.6 Å². The van der Waals surface area contributed by atoms with Gasteiger partial charge in [0, 0.05) is 22.6 Å². The quantitative estimate of drug-likeness (QED) is 0.703. The Kier molecular flexibility index (Phi) is 4.36. The maximum atomic E-state index is 14.3. The molecule has 7 heteroatoms. The fourth-order valence-electron chi connectivity index (χ4n) is 3.26. The lowest BCUT2D eigenvalue weighted by molar-refractivity contribution is -0.116. The summed E-state index contributed by atoms with van der Waals surface area (Å²) in [5.74, 6) is -1.23. The van der Waals surface area contributed by atoms with Crippen LogP contribution in [0.4, 0.5) is 10.1 Å². The van der Waals surface area contributed by atoms with Crippen molar-refractivity contribution in [2.75, 3.05) is 5.32 Å². The molecule has 2 aromatic carbocycles. The van der Waals surface area contributed by atoms with Crippen molar-refractivity contribution >= 4 is 32.8 Å². The summed E-state index contributed by atoms with van der Waals surface area (Å²) in [6, 6.07) is 12.8. The number of rotatable bonds is 3. The van der Waals surface area contributed by atoms with Crippen molar-refractivity contribution in [1.29, 1.82) is 0 Å². The van der Waals surface area contributed by atoms with Crippen molar-refractivity contribution in [3.63, 3.8) is 0 Å². The Labute approximate surface area is 160 Å². The third-order valence-corrected chi connectivity index (χ3v) is 7.70. The number of hydrogen-bond donors (Lipinski definition) is 1. The van der Waals surface area contributed by atoms with Crippen LogP contribution in [0.5, 0.6) is 0 Å². The first kappa shape index (κ1) is 17.9. The predicted molar refractivity (Wildman–Crippen MR) is 102 cm³/mol. The van der Waals surface area contributed by atoms with Gasteiger partial charge in [-0.3, -0.25) is 4.79 Å². The zero-order valence-electron chi connectivity index (χ0n) is 14.4. The first-order valence-corrected chi connectivity index (χ1v) is 10.7. The van der Waals surface area contributed by atoms with Crippen molar-refractivity contribution in [2.45, 2.75) is 29.1 Å². The van der Waals surface area contributed by atoms with Gasteiger partial charge < -0.3 is 5.32 Å². The van der Waals surface area contributed by atoms with Crippen LogP contribution in [0.3, 0.4) is 0 Å². The molecule has 27 heavy (non-hydrogen) atoms. The van der Waals surface area contributed by atoms with Gasteiger partial charge in [-0.2, -0.15) is 0 Å². The van der Waals surface area contributed by atoms with E-state index in [4.69, 9.17) is 0 Å². The van der Waals surface area contributed by atoms with Crippen LogP contribution in [0, 0.1) is 12.7 Å². The van der Waals surface area contributed by atoms with Crippen molar-refractivity contribution < 1.29 is 17.6 Å². The third kappa shape index (κ3) is 3.07. The highest BCUT2D eigenvalue weighted by molar-refractivity contribution is 7.91. The Hall–Kier alpha value is -2.51. The molecule has 1 aliphatic rings. The Bertz CT molecular complexity index is 1130. The maximum absolute atomic E-state index is 14.3. The number of anilines is 1. The molecule has 4 nitrogen and oxygen atoms in total. The van der Waals surface area contributed by atoms with E-state index >= 15 is 0 Å². The topological polar surface area (TPSA) is 63.2 Å². The lowest BCUT2D eigenvalue weighted by atomic mass is 9.90. The Balaban J connectivity index is 1.85. The Morgan fingerprint density at radius 2 is 1.81 bits per heavy atom. The summed E-state index contributed by atoms with van der Waals surface area (Å²) in [6.07, 6.45) is 0.0818. The summed E-state index contributed by atoms with van der Waals surface area (Å²) in [7, 11) is -3.79. The van der Waals surface area contributed by atoms with Gasteiger partial charge in [-0.25, -0.2) is 12.8 Å². The van der Waals surface area contributed by atoms with E-state index in [1.54, 1.807) is 42.5 Å². The standard InChI is InChI=1S/C20H16FNO3S2/c1-12-6-8-13(9-7-12)27(24,25)17-11-26-20-15(10-18(23)22-19(17)20)14-4-2-3-5-16(14)21/h2-9,11,15H,10H2,1H3,(H,22,23)/t15-/m0/s1. The summed E-state index contributed by atoms with van der Waals surface area (Å²) in [5.41, 5.74) is 1.62. The largest absolute Gasteiger partial charge is 0.324 e. The number of carbonyl (C=O) groups excluding carboxylic acids is 1. The first-order chi connectivity index (χ1) is 12.9. The zero-order chi connectivity index (χ0) is 19.2. The summed E-state index contributed by atoms with van der Waals surface area (Å²) >= 11 is 1.23. The van der Waals surface area contributed by atoms with Gasteiger partial charge in [0.1, 0.15) is 10.7 Å². The van der Waals surface area contributed by atoms with Crippen molar-refractivity contribution in [1.82, 2.24) is 0 Å². The third-order valence-electron chi connectivity index (χ3n) is 4.66. The minimum absolute atomic E-state index is 0.0562. The molecule has 1 amide bonds. The summed E-state index contributed by atoms with van der Waals surface area (Å²) in [4.78, 5) is 13.1. The summed E-state index contributed by atoms with van der Waals surface area (Å²) in [5, 5.41) is 4.21. The van der Waals surface area contributed by atoms with Crippen LogP contribution < -0.4 is 5.32 Å². The van der Waals surface area contributed by atoms with Crippen molar-refractivity contribution in [2.24, 2.45) is 0 Å². The molecular weight excluding hydrogens is 385 g/mol. The number of fused-ring (bicyclic) bond motifs is 1. The van der Waals surface area contributed by atoms with Gasteiger partial charge in [-0.05, 0) is 30.7 Å². The van der Waals surface area contributed by atoms with Gasteiger partial charge >= 0.3 is 0 Å². The second-order valence-corrected chi connectivity index (χ2v) is 9.31. The summed E-state index contributed by atoms with van der Waals surface area (Å²) < 4.78 is 40.4. The molecule has 0 spiro atoms. The second-order valence-electron chi connectivity index (χ2n) is 6.48. The van der Waals surface area contributed by atoms with Crippen molar-refractivity contribution in [3.05, 3.63) is 75.7 Å². The minimum atomic E-state index is -3.79. The number of benzene rings is 2. The average Bonchev–Trinajstić information content (AvgIpc) is 3.06. The molecule has 4 rings (SSSR count). The van der Waals surface area contributed by atoms with E-state index in [1.807, 2.05) is 6.92 Å². The van der Waals surface area contributed by atoms with Crippen LogP contribution in [0.15, 0.2) is 63.7 Å². The van der Waals surface area contributed by atoms with E-state index in [9.17, 15) is 17.6 Å².